The van der Waals surface area contributed by atoms with E-state index in [9.17, 15) is 4.79 Å². The first-order valence-electron chi connectivity index (χ1n) is 10.7. The van der Waals surface area contributed by atoms with Crippen LogP contribution in [-0.4, -0.2) is 29.9 Å². The van der Waals surface area contributed by atoms with Crippen molar-refractivity contribution in [1.29, 1.82) is 0 Å². The second-order valence-electron chi connectivity index (χ2n) is 7.92. The molecular formula is C27H27N3O3. The van der Waals surface area contributed by atoms with Crippen molar-refractivity contribution in [3.8, 4) is 22.8 Å². The van der Waals surface area contributed by atoms with Gasteiger partial charge in [-0.15, -0.1) is 0 Å². The lowest BCUT2D eigenvalue weighted by molar-refractivity contribution is 0.102. The Hall–Kier alpha value is -4.06. The number of amides is 1. The first-order chi connectivity index (χ1) is 16.0. The van der Waals surface area contributed by atoms with Crippen molar-refractivity contribution in [1.82, 2.24) is 9.78 Å². The molecule has 0 unspecified atom stereocenters. The predicted molar refractivity (Wildman–Crippen MR) is 130 cm³/mol. The van der Waals surface area contributed by atoms with Crippen molar-refractivity contribution in [3.63, 3.8) is 0 Å². The molecule has 1 aromatic heterocycles. The summed E-state index contributed by atoms with van der Waals surface area (Å²) in [5.41, 5.74) is 5.82. The van der Waals surface area contributed by atoms with Crippen LogP contribution in [0, 0.1) is 13.8 Å². The summed E-state index contributed by atoms with van der Waals surface area (Å²) in [4.78, 5) is 13.4. The number of rotatable bonds is 7. The number of hydrogen-bond acceptors (Lipinski definition) is 4. The zero-order valence-electron chi connectivity index (χ0n) is 19.3. The van der Waals surface area contributed by atoms with Gasteiger partial charge in [-0.1, -0.05) is 60.2 Å². The smallest absolute Gasteiger partial charge is 0.259 e. The molecule has 3 aromatic carbocycles. The molecule has 6 nitrogen and oxygen atoms in total. The Kier molecular flexibility index (Phi) is 6.45. The van der Waals surface area contributed by atoms with Gasteiger partial charge >= 0.3 is 0 Å². The standard InChI is InChI=1S/C27H27N3O3/c1-18-10-12-21(13-11-18)26-22(17-30(29-26)16-20-8-6-5-7-9-20)27(31)28-23-15-25(33-4)24(32-3)14-19(23)2/h5-15,17H,16H2,1-4H3,(H,28,31). The van der Waals surface area contributed by atoms with E-state index in [0.717, 1.165) is 22.3 Å². The van der Waals surface area contributed by atoms with Crippen LogP contribution in [-0.2, 0) is 6.54 Å². The van der Waals surface area contributed by atoms with Crippen LogP contribution < -0.4 is 14.8 Å². The Morgan fingerprint density at radius 3 is 2.27 bits per heavy atom. The van der Waals surface area contributed by atoms with E-state index in [1.54, 1.807) is 31.2 Å². The molecule has 33 heavy (non-hydrogen) atoms. The number of ether oxygens (including phenoxy) is 2. The van der Waals surface area contributed by atoms with E-state index >= 15 is 0 Å². The minimum Gasteiger partial charge on any atom is -0.493 e. The van der Waals surface area contributed by atoms with Crippen molar-refractivity contribution in [3.05, 3.63) is 95.2 Å². The second kappa shape index (κ2) is 9.61. The van der Waals surface area contributed by atoms with Crippen molar-refractivity contribution in [2.45, 2.75) is 20.4 Å². The third-order valence-electron chi connectivity index (χ3n) is 5.50. The summed E-state index contributed by atoms with van der Waals surface area (Å²) in [6.45, 7) is 4.52. The van der Waals surface area contributed by atoms with E-state index in [2.05, 4.69) is 5.32 Å². The number of aryl methyl sites for hydroxylation is 2. The molecule has 0 saturated carbocycles. The van der Waals surface area contributed by atoms with Crippen LogP contribution in [0.15, 0.2) is 72.9 Å². The van der Waals surface area contributed by atoms with Crippen LogP contribution in [0.2, 0.25) is 0 Å². The van der Waals surface area contributed by atoms with Gasteiger partial charge in [0.15, 0.2) is 11.5 Å². The van der Waals surface area contributed by atoms with E-state index in [-0.39, 0.29) is 5.91 Å². The van der Waals surface area contributed by atoms with Gasteiger partial charge in [0, 0.05) is 23.5 Å². The summed E-state index contributed by atoms with van der Waals surface area (Å²) < 4.78 is 12.6. The first kappa shape index (κ1) is 22.1. The van der Waals surface area contributed by atoms with Gasteiger partial charge in [0.25, 0.3) is 5.91 Å². The highest BCUT2D eigenvalue weighted by atomic mass is 16.5. The highest BCUT2D eigenvalue weighted by Crippen LogP contribution is 2.33. The summed E-state index contributed by atoms with van der Waals surface area (Å²) >= 11 is 0. The quantitative estimate of drug-likeness (QED) is 0.412. The van der Waals surface area contributed by atoms with Crippen LogP contribution in [0.3, 0.4) is 0 Å². The molecule has 0 bridgehead atoms. The maximum absolute atomic E-state index is 13.4. The van der Waals surface area contributed by atoms with Crippen LogP contribution in [0.4, 0.5) is 5.69 Å². The molecule has 0 fully saturated rings. The minimum atomic E-state index is -0.236. The fourth-order valence-corrected chi connectivity index (χ4v) is 3.67. The maximum atomic E-state index is 13.4. The molecule has 0 spiro atoms. The number of aromatic nitrogens is 2. The van der Waals surface area contributed by atoms with E-state index < -0.39 is 0 Å². The predicted octanol–water partition coefficient (Wildman–Crippen LogP) is 5.48. The molecule has 0 aliphatic carbocycles. The average molecular weight is 442 g/mol. The molecule has 4 aromatic rings. The molecule has 0 aliphatic rings. The van der Waals surface area contributed by atoms with Gasteiger partial charge in [0.05, 0.1) is 26.3 Å². The highest BCUT2D eigenvalue weighted by molar-refractivity contribution is 6.08. The first-order valence-corrected chi connectivity index (χ1v) is 10.7. The van der Waals surface area contributed by atoms with E-state index in [1.807, 2.05) is 74.5 Å². The zero-order chi connectivity index (χ0) is 23.4. The number of benzene rings is 3. The Morgan fingerprint density at radius 1 is 0.939 bits per heavy atom. The highest BCUT2D eigenvalue weighted by Gasteiger charge is 2.20. The number of nitrogens with zero attached hydrogens (tertiary/aromatic N) is 2. The van der Waals surface area contributed by atoms with Gasteiger partial charge in [-0.3, -0.25) is 9.48 Å². The Labute approximate surface area is 193 Å². The normalized spacial score (nSPS) is 10.7. The van der Waals surface area contributed by atoms with Crippen LogP contribution in [0.1, 0.15) is 27.0 Å². The molecule has 1 heterocycles. The van der Waals surface area contributed by atoms with E-state index in [4.69, 9.17) is 14.6 Å². The van der Waals surface area contributed by atoms with Crippen molar-refractivity contribution >= 4 is 11.6 Å². The SMILES string of the molecule is COc1cc(C)c(NC(=O)c2cn(Cc3ccccc3)nc2-c2ccc(C)cc2)cc1OC. The molecule has 4 rings (SSSR count). The average Bonchev–Trinajstić information content (AvgIpc) is 3.25. The van der Waals surface area contributed by atoms with Crippen LogP contribution in [0.5, 0.6) is 11.5 Å². The monoisotopic (exact) mass is 441 g/mol. The summed E-state index contributed by atoms with van der Waals surface area (Å²) in [5, 5.41) is 7.79. The molecule has 1 N–H and O–H groups in total. The summed E-state index contributed by atoms with van der Waals surface area (Å²) in [6, 6.07) is 21.7. The summed E-state index contributed by atoms with van der Waals surface area (Å²) in [6.07, 6.45) is 1.80. The Morgan fingerprint density at radius 2 is 1.61 bits per heavy atom. The molecular weight excluding hydrogens is 414 g/mol. The molecule has 168 valence electrons. The molecule has 0 aliphatic heterocycles. The number of nitrogens with one attached hydrogen (secondary N) is 1. The van der Waals surface area contributed by atoms with Gasteiger partial charge in [0.1, 0.15) is 5.69 Å². The van der Waals surface area contributed by atoms with Gasteiger partial charge in [0.2, 0.25) is 0 Å². The fraction of sp³-hybridized carbons (Fsp3) is 0.185. The maximum Gasteiger partial charge on any atom is 0.259 e. The minimum absolute atomic E-state index is 0.236. The zero-order valence-corrected chi connectivity index (χ0v) is 19.3. The number of hydrogen-bond donors (Lipinski definition) is 1. The Bertz CT molecular complexity index is 1260. The number of carbonyl (C=O) groups is 1. The van der Waals surface area contributed by atoms with Gasteiger partial charge in [-0.05, 0) is 31.0 Å². The number of methoxy groups -OCH3 is 2. The van der Waals surface area contributed by atoms with Gasteiger partial charge in [-0.25, -0.2) is 0 Å². The van der Waals surface area contributed by atoms with Gasteiger partial charge in [-0.2, -0.15) is 5.10 Å². The molecule has 1 amide bonds. The molecule has 6 heteroatoms. The fourth-order valence-electron chi connectivity index (χ4n) is 3.67. The molecule has 0 saturated heterocycles. The third kappa shape index (κ3) is 4.90. The third-order valence-corrected chi connectivity index (χ3v) is 5.50. The summed E-state index contributed by atoms with van der Waals surface area (Å²) in [5.74, 6) is 0.932. The molecule has 0 radical (unpaired) electrons. The van der Waals surface area contributed by atoms with Crippen molar-refractivity contribution in [2.75, 3.05) is 19.5 Å². The largest absolute Gasteiger partial charge is 0.493 e. The lowest BCUT2D eigenvalue weighted by Gasteiger charge is -2.13. The topological polar surface area (TPSA) is 65.4 Å². The van der Waals surface area contributed by atoms with E-state index in [0.29, 0.717) is 35.0 Å². The number of anilines is 1. The van der Waals surface area contributed by atoms with Crippen LogP contribution >= 0.6 is 0 Å². The lowest BCUT2D eigenvalue weighted by atomic mass is 10.1. The van der Waals surface area contributed by atoms with Gasteiger partial charge < -0.3 is 14.8 Å². The number of carbonyl (C=O) groups excluding carboxylic acids is 1. The second-order valence-corrected chi connectivity index (χ2v) is 7.92. The Balaban J connectivity index is 1.70. The lowest BCUT2D eigenvalue weighted by Crippen LogP contribution is -2.13. The van der Waals surface area contributed by atoms with E-state index in [1.165, 1.54) is 0 Å². The molecule has 0 atom stereocenters. The van der Waals surface area contributed by atoms with Crippen molar-refractivity contribution in [2.24, 2.45) is 0 Å². The van der Waals surface area contributed by atoms with Crippen molar-refractivity contribution < 1.29 is 14.3 Å². The summed E-state index contributed by atoms with van der Waals surface area (Å²) in [7, 11) is 3.16. The van der Waals surface area contributed by atoms with Crippen LogP contribution in [0.25, 0.3) is 11.3 Å².